The summed E-state index contributed by atoms with van der Waals surface area (Å²) in [6, 6.07) is 13.9. The van der Waals surface area contributed by atoms with Gasteiger partial charge in [0.2, 0.25) is 0 Å². The monoisotopic (exact) mass is 349 g/mol. The average Bonchev–Trinajstić information content (AvgIpc) is 3.03. The van der Waals surface area contributed by atoms with Crippen molar-refractivity contribution in [2.75, 3.05) is 0 Å². The summed E-state index contributed by atoms with van der Waals surface area (Å²) in [5, 5.41) is 19.9. The highest BCUT2D eigenvalue weighted by Gasteiger charge is 2.10. The Hall–Kier alpha value is -3.86. The summed E-state index contributed by atoms with van der Waals surface area (Å²) in [6.45, 7) is 0.377. The normalized spacial score (nSPS) is 10.8. The van der Waals surface area contributed by atoms with E-state index in [0.717, 1.165) is 5.56 Å². The summed E-state index contributed by atoms with van der Waals surface area (Å²) in [4.78, 5) is 18.5. The molecule has 0 bridgehead atoms. The summed E-state index contributed by atoms with van der Waals surface area (Å²) in [7, 11) is 0. The van der Waals surface area contributed by atoms with Gasteiger partial charge in [0.05, 0.1) is 17.8 Å². The van der Waals surface area contributed by atoms with Gasteiger partial charge in [-0.2, -0.15) is 5.26 Å². The van der Waals surface area contributed by atoms with Crippen molar-refractivity contribution in [1.82, 2.24) is 9.55 Å². The summed E-state index contributed by atoms with van der Waals surface area (Å²) < 4.78 is 14.7. The topological polar surface area (TPSA) is 97.1 Å². The number of nitro groups is 1. The Balaban J connectivity index is 1.86. The molecule has 8 heteroatoms. The average molecular weight is 349 g/mol. The van der Waals surface area contributed by atoms with Crippen LogP contribution in [0.15, 0.2) is 59.9 Å². The number of aromatic nitrogens is 2. The molecule has 0 aliphatic rings. The zero-order chi connectivity index (χ0) is 18.5. The lowest BCUT2D eigenvalue weighted by Gasteiger charge is -2.05. The van der Waals surface area contributed by atoms with Crippen LogP contribution in [-0.2, 0) is 6.54 Å². The second-order valence-electron chi connectivity index (χ2n) is 5.39. The molecule has 0 saturated heterocycles. The highest BCUT2D eigenvalue weighted by atomic mass is 19.1. The van der Waals surface area contributed by atoms with Crippen LogP contribution in [0.5, 0.6) is 0 Å². The van der Waals surface area contributed by atoms with Crippen LogP contribution in [-0.4, -0.2) is 20.7 Å². The Labute approximate surface area is 147 Å². The predicted molar refractivity (Wildman–Crippen MR) is 92.8 cm³/mol. The van der Waals surface area contributed by atoms with Gasteiger partial charge in [-0.05, 0) is 35.4 Å². The van der Waals surface area contributed by atoms with Gasteiger partial charge in [0, 0.05) is 18.3 Å². The van der Waals surface area contributed by atoms with Gasteiger partial charge in [-0.3, -0.25) is 10.1 Å². The van der Waals surface area contributed by atoms with Crippen molar-refractivity contribution in [3.05, 3.63) is 87.6 Å². The second kappa shape index (κ2) is 7.36. The molecule has 0 spiro atoms. The number of rotatable bonds is 5. The number of non-ortho nitro benzene ring substituents is 1. The van der Waals surface area contributed by atoms with Gasteiger partial charge >= 0.3 is 0 Å². The zero-order valence-electron chi connectivity index (χ0n) is 13.4. The van der Waals surface area contributed by atoms with E-state index in [4.69, 9.17) is 0 Å². The van der Waals surface area contributed by atoms with Crippen molar-refractivity contribution < 1.29 is 9.31 Å². The van der Waals surface area contributed by atoms with Gasteiger partial charge in [-0.1, -0.05) is 12.1 Å². The van der Waals surface area contributed by atoms with E-state index in [0.29, 0.717) is 17.9 Å². The molecule has 0 N–H and O–H groups in total. The maximum atomic E-state index is 13.0. The number of hydrogen-bond donors (Lipinski definition) is 0. The maximum absolute atomic E-state index is 13.0. The summed E-state index contributed by atoms with van der Waals surface area (Å²) in [5.74, 6) is 0.0312. The van der Waals surface area contributed by atoms with E-state index >= 15 is 0 Å². The van der Waals surface area contributed by atoms with Crippen LogP contribution in [0.1, 0.15) is 16.8 Å². The Morgan fingerprint density at radius 2 is 1.92 bits per heavy atom. The summed E-state index contributed by atoms with van der Waals surface area (Å²) in [6.07, 6.45) is 2.99. The highest BCUT2D eigenvalue weighted by molar-refractivity contribution is 5.82. The maximum Gasteiger partial charge on any atom is 0.269 e. The van der Waals surface area contributed by atoms with Gasteiger partial charge in [-0.25, -0.2) is 14.4 Å². The minimum absolute atomic E-state index is 0.0128. The Bertz CT molecular complexity index is 1000. The number of aliphatic imine (C=N–C) groups is 1. The van der Waals surface area contributed by atoms with Gasteiger partial charge in [0.15, 0.2) is 11.5 Å². The van der Waals surface area contributed by atoms with Gasteiger partial charge in [-0.15, -0.1) is 0 Å². The first-order valence-electron chi connectivity index (χ1n) is 7.55. The molecule has 0 saturated carbocycles. The highest BCUT2D eigenvalue weighted by Crippen LogP contribution is 2.20. The molecular formula is C18H12FN5O2. The van der Waals surface area contributed by atoms with E-state index in [9.17, 15) is 19.8 Å². The van der Waals surface area contributed by atoms with Crippen molar-refractivity contribution in [2.24, 2.45) is 4.99 Å². The lowest BCUT2D eigenvalue weighted by Crippen LogP contribution is -1.98. The number of imidazole rings is 1. The van der Waals surface area contributed by atoms with Crippen LogP contribution in [0.4, 0.5) is 15.9 Å². The molecule has 0 aliphatic heterocycles. The molecule has 0 radical (unpaired) electrons. The third-order valence-electron chi connectivity index (χ3n) is 3.62. The largest absolute Gasteiger partial charge is 0.310 e. The third kappa shape index (κ3) is 3.79. The minimum Gasteiger partial charge on any atom is -0.310 e. The number of nitro benzene ring substituents is 1. The SMILES string of the molecule is N#Cc1ncn(Cc2ccc(F)cc2)c1/N=C/c1ccc([N+](=O)[O-])cc1. The summed E-state index contributed by atoms with van der Waals surface area (Å²) >= 11 is 0. The Kier molecular flexibility index (Phi) is 4.80. The molecular weight excluding hydrogens is 337 g/mol. The van der Waals surface area contributed by atoms with Crippen LogP contribution in [0.3, 0.4) is 0 Å². The third-order valence-corrected chi connectivity index (χ3v) is 3.62. The summed E-state index contributed by atoms with van der Waals surface area (Å²) in [5.41, 5.74) is 1.63. The lowest BCUT2D eigenvalue weighted by atomic mass is 10.2. The van der Waals surface area contributed by atoms with Crippen LogP contribution in [0.25, 0.3) is 0 Å². The fourth-order valence-corrected chi connectivity index (χ4v) is 2.31. The zero-order valence-corrected chi connectivity index (χ0v) is 13.4. The predicted octanol–water partition coefficient (Wildman–Crippen LogP) is 3.60. The van der Waals surface area contributed by atoms with Gasteiger partial charge < -0.3 is 4.57 Å². The number of halogens is 1. The number of benzene rings is 2. The Morgan fingerprint density at radius 3 is 2.54 bits per heavy atom. The van der Waals surface area contributed by atoms with Crippen LogP contribution >= 0.6 is 0 Å². The molecule has 0 amide bonds. The Morgan fingerprint density at radius 1 is 1.23 bits per heavy atom. The van der Waals surface area contributed by atoms with Crippen LogP contribution < -0.4 is 0 Å². The quantitative estimate of drug-likeness (QED) is 0.399. The van der Waals surface area contributed by atoms with Crippen molar-refractivity contribution in [1.29, 1.82) is 5.26 Å². The lowest BCUT2D eigenvalue weighted by molar-refractivity contribution is -0.384. The van der Waals surface area contributed by atoms with Gasteiger partial charge in [0.25, 0.3) is 5.69 Å². The van der Waals surface area contributed by atoms with E-state index < -0.39 is 4.92 Å². The van der Waals surface area contributed by atoms with E-state index in [2.05, 4.69) is 9.98 Å². The number of nitrogens with zero attached hydrogens (tertiary/aromatic N) is 5. The van der Waals surface area contributed by atoms with Crippen molar-refractivity contribution >= 4 is 17.7 Å². The molecule has 3 rings (SSSR count). The minimum atomic E-state index is -0.480. The van der Waals surface area contributed by atoms with E-state index in [-0.39, 0.29) is 17.2 Å². The fourth-order valence-electron chi connectivity index (χ4n) is 2.31. The van der Waals surface area contributed by atoms with E-state index in [1.54, 1.807) is 28.8 Å². The molecule has 3 aromatic rings. The van der Waals surface area contributed by atoms with E-state index in [1.807, 2.05) is 6.07 Å². The molecule has 0 atom stereocenters. The second-order valence-corrected chi connectivity index (χ2v) is 5.39. The fraction of sp³-hybridized carbons (Fsp3) is 0.0556. The molecule has 0 fully saturated rings. The van der Waals surface area contributed by atoms with Gasteiger partial charge in [0.1, 0.15) is 11.9 Å². The molecule has 7 nitrogen and oxygen atoms in total. The first-order valence-corrected chi connectivity index (χ1v) is 7.55. The first-order chi connectivity index (χ1) is 12.6. The standard InChI is InChI=1S/C18H12FN5O2/c19-15-5-1-14(2-6-15)11-23-12-22-17(9-20)18(23)21-10-13-3-7-16(8-4-13)24(25)26/h1-8,10,12H,11H2/b21-10+. The van der Waals surface area contributed by atoms with Crippen molar-refractivity contribution in [3.63, 3.8) is 0 Å². The van der Waals surface area contributed by atoms with Crippen LogP contribution in [0, 0.1) is 27.3 Å². The molecule has 0 unspecified atom stereocenters. The van der Waals surface area contributed by atoms with Crippen molar-refractivity contribution in [3.8, 4) is 6.07 Å². The number of nitriles is 1. The molecule has 26 heavy (non-hydrogen) atoms. The number of hydrogen-bond acceptors (Lipinski definition) is 5. The molecule has 1 aromatic heterocycles. The van der Waals surface area contributed by atoms with Crippen molar-refractivity contribution in [2.45, 2.75) is 6.54 Å². The molecule has 128 valence electrons. The molecule has 1 heterocycles. The first kappa shape index (κ1) is 17.0. The smallest absolute Gasteiger partial charge is 0.269 e. The molecule has 0 aliphatic carbocycles. The molecule has 2 aromatic carbocycles. The van der Waals surface area contributed by atoms with Crippen LogP contribution in [0.2, 0.25) is 0 Å². The van der Waals surface area contributed by atoms with E-state index in [1.165, 1.54) is 36.8 Å².